The van der Waals surface area contributed by atoms with Crippen LogP contribution in [0, 0.1) is 0 Å². The quantitative estimate of drug-likeness (QED) is 0.603. The van der Waals surface area contributed by atoms with Gasteiger partial charge in [0, 0.05) is 12.6 Å². The Labute approximate surface area is 94.1 Å². The van der Waals surface area contributed by atoms with E-state index in [2.05, 4.69) is 10.3 Å². The summed E-state index contributed by atoms with van der Waals surface area (Å²) in [6.07, 6.45) is 2.88. The van der Waals surface area contributed by atoms with E-state index in [1.165, 1.54) is 6.07 Å². The number of aromatic amines is 1. The predicted octanol–water partition coefficient (Wildman–Crippen LogP) is 0.234. The summed E-state index contributed by atoms with van der Waals surface area (Å²) in [5, 5.41) is 2.74. The number of carbonyl (C=O) groups excluding carboxylic acids is 1. The summed E-state index contributed by atoms with van der Waals surface area (Å²) in [5.41, 5.74) is 5.38. The van der Waals surface area contributed by atoms with Crippen LogP contribution in [-0.2, 0) is 0 Å². The van der Waals surface area contributed by atoms with Crippen LogP contribution in [0.2, 0.25) is 0 Å². The highest BCUT2D eigenvalue weighted by Gasteiger charge is 2.04. The number of H-pyrrole nitrogens is 1. The molecule has 0 saturated carbocycles. The van der Waals surface area contributed by atoms with E-state index < -0.39 is 0 Å². The first kappa shape index (κ1) is 12.4. The van der Waals surface area contributed by atoms with Crippen molar-refractivity contribution in [3.8, 4) is 0 Å². The molecule has 88 valence electrons. The Balaban J connectivity index is 2.33. The number of carbonyl (C=O) groups is 1. The molecule has 0 saturated heterocycles. The molecule has 0 aliphatic rings. The Hall–Kier alpha value is -1.62. The van der Waals surface area contributed by atoms with Crippen molar-refractivity contribution in [1.82, 2.24) is 10.3 Å². The van der Waals surface area contributed by atoms with Gasteiger partial charge in [-0.15, -0.1) is 0 Å². The molecule has 0 unspecified atom stereocenters. The molecule has 1 rings (SSSR count). The van der Waals surface area contributed by atoms with Gasteiger partial charge in [0.2, 0.25) is 5.56 Å². The van der Waals surface area contributed by atoms with E-state index in [0.29, 0.717) is 18.8 Å². The van der Waals surface area contributed by atoms with E-state index in [9.17, 15) is 9.59 Å². The van der Waals surface area contributed by atoms with Crippen LogP contribution in [0.5, 0.6) is 0 Å². The van der Waals surface area contributed by atoms with Crippen molar-refractivity contribution in [2.75, 3.05) is 13.1 Å². The fourth-order valence-electron chi connectivity index (χ4n) is 1.32. The van der Waals surface area contributed by atoms with Gasteiger partial charge in [0.1, 0.15) is 5.69 Å². The summed E-state index contributed by atoms with van der Waals surface area (Å²) in [5.74, 6) is -0.245. The predicted molar refractivity (Wildman–Crippen MR) is 62.3 cm³/mol. The Kier molecular flexibility index (Phi) is 5.28. The molecule has 0 radical (unpaired) electrons. The van der Waals surface area contributed by atoms with Gasteiger partial charge in [-0.3, -0.25) is 9.59 Å². The fraction of sp³-hybridized carbons (Fsp3) is 0.455. The van der Waals surface area contributed by atoms with Gasteiger partial charge in [-0.1, -0.05) is 12.5 Å². The number of pyridine rings is 1. The third-order valence-electron chi connectivity index (χ3n) is 2.18. The SMILES string of the molecule is NCCCCCNC(=O)c1cccc(=O)[nH]1. The zero-order chi connectivity index (χ0) is 11.8. The summed E-state index contributed by atoms with van der Waals surface area (Å²) in [6, 6.07) is 4.51. The van der Waals surface area contributed by atoms with Crippen molar-refractivity contribution < 1.29 is 4.79 Å². The first-order valence-electron chi connectivity index (χ1n) is 5.41. The zero-order valence-corrected chi connectivity index (χ0v) is 9.16. The molecule has 4 N–H and O–H groups in total. The van der Waals surface area contributed by atoms with Crippen molar-refractivity contribution in [1.29, 1.82) is 0 Å². The number of hydrogen-bond donors (Lipinski definition) is 3. The van der Waals surface area contributed by atoms with Crippen LogP contribution in [0.4, 0.5) is 0 Å². The third-order valence-corrected chi connectivity index (χ3v) is 2.18. The molecule has 1 aromatic rings. The van der Waals surface area contributed by atoms with Gasteiger partial charge in [0.15, 0.2) is 0 Å². The molecule has 0 fully saturated rings. The summed E-state index contributed by atoms with van der Waals surface area (Å²) in [6.45, 7) is 1.29. The minimum absolute atomic E-state index is 0.245. The molecule has 0 aliphatic carbocycles. The molecular weight excluding hydrogens is 206 g/mol. The number of unbranched alkanes of at least 4 members (excludes halogenated alkanes) is 2. The zero-order valence-electron chi connectivity index (χ0n) is 9.16. The van der Waals surface area contributed by atoms with Crippen molar-refractivity contribution in [2.45, 2.75) is 19.3 Å². The topological polar surface area (TPSA) is 88.0 Å². The monoisotopic (exact) mass is 223 g/mol. The number of nitrogens with one attached hydrogen (secondary N) is 2. The summed E-state index contributed by atoms with van der Waals surface area (Å²) < 4.78 is 0. The second-order valence-electron chi connectivity index (χ2n) is 3.53. The molecule has 0 bridgehead atoms. The van der Waals surface area contributed by atoms with Gasteiger partial charge < -0.3 is 16.0 Å². The standard InChI is InChI=1S/C11H17N3O2/c12-7-2-1-3-8-13-11(16)9-5-4-6-10(15)14-9/h4-6H,1-3,7-8,12H2,(H,13,16)(H,14,15). The summed E-state index contributed by atoms with van der Waals surface area (Å²) in [7, 11) is 0. The van der Waals surface area contributed by atoms with E-state index in [4.69, 9.17) is 5.73 Å². The molecule has 1 aromatic heterocycles. The fourth-order valence-corrected chi connectivity index (χ4v) is 1.32. The second kappa shape index (κ2) is 6.79. The van der Waals surface area contributed by atoms with E-state index >= 15 is 0 Å². The average Bonchev–Trinajstić information content (AvgIpc) is 2.28. The van der Waals surface area contributed by atoms with Crippen LogP contribution in [0.1, 0.15) is 29.8 Å². The van der Waals surface area contributed by atoms with Gasteiger partial charge in [0.25, 0.3) is 5.91 Å². The summed E-state index contributed by atoms with van der Waals surface area (Å²) >= 11 is 0. The molecule has 0 aliphatic heterocycles. The van der Waals surface area contributed by atoms with Crippen molar-refractivity contribution in [3.63, 3.8) is 0 Å². The average molecular weight is 223 g/mol. The van der Waals surface area contributed by atoms with Crippen molar-refractivity contribution >= 4 is 5.91 Å². The Morgan fingerprint density at radius 1 is 1.31 bits per heavy atom. The van der Waals surface area contributed by atoms with Gasteiger partial charge in [-0.25, -0.2) is 0 Å². The lowest BCUT2D eigenvalue weighted by atomic mass is 10.2. The lowest BCUT2D eigenvalue weighted by Crippen LogP contribution is -2.27. The maximum Gasteiger partial charge on any atom is 0.267 e. The number of hydrogen-bond acceptors (Lipinski definition) is 3. The number of rotatable bonds is 6. The number of amides is 1. The van der Waals surface area contributed by atoms with Gasteiger partial charge in [-0.2, -0.15) is 0 Å². The highest BCUT2D eigenvalue weighted by atomic mass is 16.2. The van der Waals surface area contributed by atoms with E-state index in [-0.39, 0.29) is 11.5 Å². The number of aromatic nitrogens is 1. The Morgan fingerprint density at radius 2 is 2.12 bits per heavy atom. The molecule has 5 nitrogen and oxygen atoms in total. The smallest absolute Gasteiger partial charge is 0.267 e. The van der Waals surface area contributed by atoms with Crippen molar-refractivity contribution in [2.24, 2.45) is 5.73 Å². The minimum atomic E-state index is -0.268. The van der Waals surface area contributed by atoms with Crippen LogP contribution >= 0.6 is 0 Å². The molecule has 0 spiro atoms. The first-order valence-corrected chi connectivity index (χ1v) is 5.41. The maximum absolute atomic E-state index is 11.5. The van der Waals surface area contributed by atoms with E-state index in [0.717, 1.165) is 19.3 Å². The maximum atomic E-state index is 11.5. The lowest BCUT2D eigenvalue weighted by Gasteiger charge is -2.04. The highest BCUT2D eigenvalue weighted by molar-refractivity contribution is 5.92. The van der Waals surface area contributed by atoms with Crippen LogP contribution in [0.25, 0.3) is 0 Å². The molecule has 0 atom stereocenters. The molecule has 0 aromatic carbocycles. The normalized spacial score (nSPS) is 10.1. The van der Waals surface area contributed by atoms with Gasteiger partial charge >= 0.3 is 0 Å². The molecular formula is C11H17N3O2. The lowest BCUT2D eigenvalue weighted by molar-refractivity contribution is 0.0947. The van der Waals surface area contributed by atoms with Crippen LogP contribution in [0.15, 0.2) is 23.0 Å². The number of nitrogens with two attached hydrogens (primary N) is 1. The molecule has 1 amide bonds. The van der Waals surface area contributed by atoms with Gasteiger partial charge in [0.05, 0.1) is 0 Å². The van der Waals surface area contributed by atoms with E-state index in [1.54, 1.807) is 12.1 Å². The van der Waals surface area contributed by atoms with Gasteiger partial charge in [-0.05, 0) is 25.5 Å². The van der Waals surface area contributed by atoms with Crippen LogP contribution in [0.3, 0.4) is 0 Å². The Morgan fingerprint density at radius 3 is 2.81 bits per heavy atom. The van der Waals surface area contributed by atoms with E-state index in [1.807, 2.05) is 0 Å². The Bertz CT molecular complexity index is 387. The minimum Gasteiger partial charge on any atom is -0.351 e. The third kappa shape index (κ3) is 4.27. The van der Waals surface area contributed by atoms with Crippen LogP contribution in [-0.4, -0.2) is 24.0 Å². The summed E-state index contributed by atoms with van der Waals surface area (Å²) in [4.78, 5) is 25.0. The molecule has 1 heterocycles. The van der Waals surface area contributed by atoms with Crippen molar-refractivity contribution in [3.05, 3.63) is 34.2 Å². The largest absolute Gasteiger partial charge is 0.351 e. The van der Waals surface area contributed by atoms with Crippen LogP contribution < -0.4 is 16.6 Å². The first-order chi connectivity index (χ1) is 7.74. The highest BCUT2D eigenvalue weighted by Crippen LogP contribution is 1.93. The second-order valence-corrected chi connectivity index (χ2v) is 3.53. The molecule has 16 heavy (non-hydrogen) atoms. The molecule has 5 heteroatoms.